The molecule has 12 aliphatic heterocycles. The van der Waals surface area contributed by atoms with E-state index < -0.39 is 10.8 Å². The minimum Gasteiger partial charge on any atom is -0.445 e. The van der Waals surface area contributed by atoms with Crippen molar-refractivity contribution in [1.29, 1.82) is 0 Å². The number of rotatable bonds is 2. The number of aliphatic imine (C=N–C) groups is 10. The summed E-state index contributed by atoms with van der Waals surface area (Å²) in [7, 11) is 0. The Morgan fingerprint density at radius 3 is 1.06 bits per heavy atom. The number of benzene rings is 10. The zero-order chi connectivity index (χ0) is 92.0. The molecule has 26 rings (SSSR count). The number of aromatic nitrogens is 6. The average molecular weight is 2350 g/mol. The third-order valence-electron chi connectivity index (χ3n) is 25.9. The summed E-state index contributed by atoms with van der Waals surface area (Å²) in [5, 5.41) is 7.51. The average Bonchev–Trinajstić information content (AvgIpc) is 1.60. The molecule has 12 aliphatic rings. The van der Waals surface area contributed by atoms with Gasteiger partial charge >= 0.3 is 79.6 Å². The van der Waals surface area contributed by atoms with Crippen molar-refractivity contribution in [3.8, 4) is 0 Å². The summed E-state index contributed by atoms with van der Waals surface area (Å²) in [4.78, 5) is 79.6. The number of imidazole rings is 2. The summed E-state index contributed by atoms with van der Waals surface area (Å²) >= 11 is 3.10. The van der Waals surface area contributed by atoms with Crippen LogP contribution in [0, 0.1) is 24.3 Å². The van der Waals surface area contributed by atoms with Gasteiger partial charge in [0.25, 0.3) is 0 Å². The maximum atomic E-state index is 5.14. The van der Waals surface area contributed by atoms with E-state index in [2.05, 4.69) is 322 Å². The second-order valence-corrected chi connectivity index (χ2v) is 38.6. The van der Waals surface area contributed by atoms with Crippen LogP contribution in [-0.4, -0.2) is 66.0 Å². The molecule has 0 fully saturated rings. The Bertz CT molecular complexity index is 7730. The molecule has 0 N–H and O–H groups in total. The van der Waals surface area contributed by atoms with Gasteiger partial charge < -0.3 is 39.9 Å². The number of nitrogens with zero attached hydrogens (tertiary/aromatic N) is 16. The second-order valence-electron chi connectivity index (χ2n) is 36.6. The van der Waals surface area contributed by atoms with Crippen LogP contribution in [-0.2, 0) is 114 Å². The van der Waals surface area contributed by atoms with Crippen LogP contribution in [0.3, 0.4) is 0 Å². The molecule has 4 aromatic heterocycles. The normalized spacial score (nSPS) is 17.4. The Hall–Kier alpha value is -13.5. The van der Waals surface area contributed by atoms with E-state index in [0.717, 1.165) is 235 Å². The van der Waals surface area contributed by atoms with Crippen molar-refractivity contribution in [2.24, 2.45) is 49.9 Å². The quantitative estimate of drug-likeness (QED) is 0.120. The molecule has 0 aliphatic carbocycles. The fourth-order valence-corrected chi connectivity index (χ4v) is 20.3. The molecule has 0 unspecified atom stereocenters. The van der Waals surface area contributed by atoms with E-state index in [0.29, 0.717) is 23.3 Å². The first-order chi connectivity index (χ1) is 66.2. The van der Waals surface area contributed by atoms with Gasteiger partial charge in [-0.05, 0) is 141 Å². The van der Waals surface area contributed by atoms with Crippen molar-refractivity contribution >= 4 is 148 Å². The predicted octanol–water partition coefficient (Wildman–Crippen LogP) is 24.7. The first kappa shape index (κ1) is 95.5. The molecule has 22 heteroatoms. The first-order valence-corrected chi connectivity index (χ1v) is 47.0. The van der Waals surface area contributed by atoms with Gasteiger partial charge in [-0.1, -0.05) is 261 Å². The van der Waals surface area contributed by atoms with Crippen molar-refractivity contribution in [2.75, 3.05) is 0 Å². The third-order valence-corrected chi connectivity index (χ3v) is 27.9. The van der Waals surface area contributed by atoms with Crippen LogP contribution >= 0.6 is 23.5 Å². The van der Waals surface area contributed by atoms with Crippen LogP contribution in [0.5, 0.6) is 0 Å². The molecule has 0 amide bonds. The van der Waals surface area contributed by atoms with Gasteiger partial charge in [-0.2, -0.15) is 0 Å². The molecule has 0 atom stereocenters. The Labute approximate surface area is 874 Å². The molecule has 0 saturated heterocycles. The zero-order valence-electron chi connectivity index (χ0n) is 77.0. The molecule has 16 nitrogen and oxygen atoms in total. The summed E-state index contributed by atoms with van der Waals surface area (Å²) in [5.74, 6) is 4.07. The number of hydrogen-bond acceptors (Lipinski definition) is 14. The van der Waals surface area contributed by atoms with E-state index in [4.69, 9.17) is 79.8 Å². The van der Waals surface area contributed by atoms with Crippen molar-refractivity contribution in [3.05, 3.63) is 475 Å². The first-order valence-electron chi connectivity index (χ1n) is 45.4. The standard InChI is InChI=1S/C34H28N6.C32H16N6S2.C28H24N2.C24H16N2.Cu.Pd.2Pt/c1-33(2)27-17-15-23(37-27)29(21-11-7-5-8-12-21)26-20-36-32(40-26)34(3,4)28-18-16-24(38-28)30(22-13-9-6-10-14-22)25-19-35-31(33)39-25;1-5-13-21-17(9-1)25-33-26-18-10-2-6-14-22(18)31(36-26)40-32-24-16-8-4-12-20(24)28(38-32)34-27-19-11-3-7-15-23(19)30(37-27)39-29(21)35-25;1-27(2)21-9-5-7-19(15-21)17-24-12-14-26(30-24)28(3,4)22-10-6-8-20(16-22)18-23-11-13-25(27)29-23;1-3-17-11-18(4-1)14-22-8-10-24(26-22)16-20-6-2-5-19(12-20)15-23-9-7-21(13-17)25-23;;;;/h5-20H,1-4H3;1-16H;5-14,17-18H,1-4H3;1-10,13,16H,14-15H2;;;;/q4*-2;4*+2. The van der Waals surface area contributed by atoms with Gasteiger partial charge in [0, 0.05) is 111 Å². The van der Waals surface area contributed by atoms with Crippen molar-refractivity contribution in [2.45, 2.75) is 99.9 Å². The van der Waals surface area contributed by atoms with Gasteiger partial charge in [0.1, 0.15) is 10.1 Å². The Kier molecular flexibility index (Phi) is 26.8. The smallest absolute Gasteiger partial charge is 0.445 e. The number of hydrogen-bond donors (Lipinski definition) is 0. The molecule has 10 aromatic carbocycles. The molecule has 1 radical (unpaired) electrons. The van der Waals surface area contributed by atoms with Gasteiger partial charge in [-0.25, -0.2) is 9.98 Å². The molecule has 0 spiro atoms. The van der Waals surface area contributed by atoms with E-state index in [-0.39, 0.29) is 90.5 Å². The fraction of sp³-hybridized carbons (Fsp3) is 0.119. The molecular weight excluding hydrogens is 2270 g/mol. The summed E-state index contributed by atoms with van der Waals surface area (Å²) < 4.78 is 0. The van der Waals surface area contributed by atoms with E-state index >= 15 is 0 Å². The maximum Gasteiger partial charge on any atom is 2.00 e. The van der Waals surface area contributed by atoms with Crippen molar-refractivity contribution < 1.29 is 79.6 Å². The Morgan fingerprint density at radius 1 is 0.300 bits per heavy atom. The van der Waals surface area contributed by atoms with Crippen LogP contribution in [0.15, 0.2) is 410 Å². The number of thioether (sulfide) groups is 2. The molecular formula is C118H84CuN16PdPt2S2. The van der Waals surface area contributed by atoms with Crippen LogP contribution in [0.4, 0.5) is 11.6 Å². The SMILES string of the molecule is CC1(C)C2=NC(=C(c3ccccc3)c3cnc([n-]3)C(C)(C)C3=NC(=C(c4ccccc4)c4cnc1[n-]4)C=C3)C=C2.CC1(C)C2=NC(=Cc3[c-]c(ccc3)C(C)(C)C3=NC(=Cc4[c-]c1ccc4)C=C3)C=C2.[Cu+2].[Pd+2].[Pt+2].[Pt+2].[c-]1c2cccc1CC1=NC(=Cc3[c-]c(ccc3)CC3=NC(=C2)C=C3)C=C1.c1ccc2c(c1)C1=Nc3[n-]c(c4ccccc34)SC3=NC(=Nc4[n-]c(c5ccccc45)SC2=N1)c1ccccc13. The molecule has 32 bridgehead atoms. The topological polar surface area (TPSA) is 206 Å². The summed E-state index contributed by atoms with van der Waals surface area (Å²) in [5.41, 5.74) is 28.3. The maximum absolute atomic E-state index is 5.14. The van der Waals surface area contributed by atoms with Crippen LogP contribution in [0.25, 0.3) is 57.0 Å². The van der Waals surface area contributed by atoms with Crippen LogP contribution < -0.4 is 19.9 Å². The minimum absolute atomic E-state index is 0. The van der Waals surface area contributed by atoms with Gasteiger partial charge in [0.15, 0.2) is 0 Å². The van der Waals surface area contributed by atoms with Crippen molar-refractivity contribution in [3.63, 3.8) is 0 Å². The van der Waals surface area contributed by atoms with E-state index in [9.17, 15) is 0 Å². The molecule has 140 heavy (non-hydrogen) atoms. The molecule has 16 heterocycles. The monoisotopic (exact) mass is 2350 g/mol. The fourth-order valence-electron chi connectivity index (χ4n) is 18.2. The zero-order valence-corrected chi connectivity index (χ0v) is 85.6. The van der Waals surface area contributed by atoms with E-state index in [1.165, 1.54) is 0 Å². The Balaban J connectivity index is 0.000000119. The third kappa shape index (κ3) is 18.7. The van der Waals surface area contributed by atoms with E-state index in [1.54, 1.807) is 23.5 Å². The van der Waals surface area contributed by atoms with Crippen LogP contribution in [0.1, 0.15) is 156 Å². The molecule has 14 aromatic rings. The van der Waals surface area contributed by atoms with Crippen LogP contribution in [0.2, 0.25) is 0 Å². The summed E-state index contributed by atoms with van der Waals surface area (Å²) in [6.07, 6.45) is 38.6. The van der Waals surface area contributed by atoms with Gasteiger partial charge in [0.2, 0.25) is 0 Å². The predicted molar refractivity (Wildman–Crippen MR) is 557 cm³/mol. The molecule has 689 valence electrons. The van der Waals surface area contributed by atoms with Crippen molar-refractivity contribution in [1.82, 2.24) is 29.9 Å². The summed E-state index contributed by atoms with van der Waals surface area (Å²) in [6.45, 7) is 17.3. The number of fused-ring (bicyclic) bond motifs is 36. The minimum atomic E-state index is -0.521. The summed E-state index contributed by atoms with van der Waals surface area (Å²) in [6, 6.07) is 92.6. The number of allylic oxidation sites excluding steroid dienone is 12. The number of amidine groups is 2. The Morgan fingerprint density at radius 2 is 0.643 bits per heavy atom. The van der Waals surface area contributed by atoms with E-state index in [1.807, 2.05) is 97.3 Å². The molecule has 0 saturated carbocycles. The second kappa shape index (κ2) is 39.3. The van der Waals surface area contributed by atoms with Gasteiger partial charge in [-0.15, -0.1) is 166 Å². The van der Waals surface area contributed by atoms with Gasteiger partial charge in [0.05, 0.1) is 34.5 Å². The van der Waals surface area contributed by atoms with Gasteiger partial charge in [-0.3, -0.25) is 30.0 Å². The largest absolute Gasteiger partial charge is 2.00 e.